The van der Waals surface area contributed by atoms with Gasteiger partial charge in [-0.2, -0.15) is 0 Å². The van der Waals surface area contributed by atoms with Crippen LogP contribution in [0.3, 0.4) is 0 Å². The number of aliphatic hydroxyl groups excluding tert-OH is 1. The molecule has 1 aromatic carbocycles. The molecule has 2 saturated heterocycles. The molecule has 1 N–H and O–H groups in total. The van der Waals surface area contributed by atoms with Crippen LogP contribution in [0.1, 0.15) is 32.6 Å². The highest BCUT2D eigenvalue weighted by atomic mass is 28.4. The highest BCUT2D eigenvalue weighted by Gasteiger charge is 2.53. The van der Waals surface area contributed by atoms with E-state index in [1.54, 1.807) is 0 Å². The highest BCUT2D eigenvalue weighted by Crippen LogP contribution is 2.41. The number of methoxy groups -OCH3 is 1. The lowest BCUT2D eigenvalue weighted by atomic mass is 9.98. The molecule has 0 amide bonds. The first-order valence-electron chi connectivity index (χ1n) is 9.50. The lowest BCUT2D eigenvalue weighted by Crippen LogP contribution is -2.65. The van der Waals surface area contributed by atoms with Crippen molar-refractivity contribution in [3.8, 4) is 0 Å². The van der Waals surface area contributed by atoms with Crippen LogP contribution in [-0.2, 0) is 23.4 Å². The largest absolute Gasteiger partial charge is 0.408 e. The highest BCUT2D eigenvalue weighted by molar-refractivity contribution is 6.74. The van der Waals surface area contributed by atoms with E-state index < -0.39 is 39.2 Å². The van der Waals surface area contributed by atoms with Crippen molar-refractivity contribution >= 4 is 8.32 Å². The van der Waals surface area contributed by atoms with Gasteiger partial charge in [-0.15, -0.1) is 0 Å². The predicted octanol–water partition coefficient (Wildman–Crippen LogP) is 3.22. The number of ether oxygens (including phenoxy) is 4. The van der Waals surface area contributed by atoms with Crippen molar-refractivity contribution in [1.82, 2.24) is 0 Å². The minimum atomic E-state index is -2.15. The molecule has 27 heavy (non-hydrogen) atoms. The van der Waals surface area contributed by atoms with Gasteiger partial charge in [-0.1, -0.05) is 51.1 Å². The topological polar surface area (TPSA) is 66.4 Å². The predicted molar refractivity (Wildman–Crippen MR) is 104 cm³/mol. The zero-order chi connectivity index (χ0) is 19.8. The zero-order valence-electron chi connectivity index (χ0n) is 17.0. The van der Waals surface area contributed by atoms with Gasteiger partial charge in [-0.05, 0) is 18.1 Å². The number of hydrogen-bond acceptors (Lipinski definition) is 6. The third kappa shape index (κ3) is 4.29. The van der Waals surface area contributed by atoms with Crippen molar-refractivity contribution in [1.29, 1.82) is 0 Å². The smallest absolute Gasteiger partial charge is 0.192 e. The minimum absolute atomic E-state index is 0.00703. The standard InChI is InChI=1S/C20H32O6Si/c1-20(2,3)27(5,6)26-17-15(21)19(22-4)24-14-12-23-18(25-16(14)17)13-10-8-7-9-11-13/h7-11,14-19,21H,12H2,1-6H3/t14-,15-,16-,17?,18?,19+/m1/s1. The Bertz CT molecular complexity index is 617. The lowest BCUT2D eigenvalue weighted by molar-refractivity contribution is -0.356. The molecule has 2 fully saturated rings. The van der Waals surface area contributed by atoms with Gasteiger partial charge >= 0.3 is 0 Å². The summed E-state index contributed by atoms with van der Waals surface area (Å²) < 4.78 is 29.9. The third-order valence-corrected chi connectivity index (χ3v) is 10.3. The first kappa shape index (κ1) is 20.9. The number of hydrogen-bond donors (Lipinski definition) is 1. The monoisotopic (exact) mass is 396 g/mol. The Morgan fingerprint density at radius 1 is 1.11 bits per heavy atom. The van der Waals surface area contributed by atoms with Crippen molar-refractivity contribution < 1.29 is 28.5 Å². The average Bonchev–Trinajstić information content (AvgIpc) is 2.63. The van der Waals surface area contributed by atoms with Crippen LogP contribution in [0.4, 0.5) is 0 Å². The molecule has 6 nitrogen and oxygen atoms in total. The number of fused-ring (bicyclic) bond motifs is 1. The van der Waals surface area contributed by atoms with E-state index >= 15 is 0 Å². The molecule has 2 aliphatic rings. The Morgan fingerprint density at radius 3 is 2.37 bits per heavy atom. The molecular weight excluding hydrogens is 364 g/mol. The summed E-state index contributed by atoms with van der Waals surface area (Å²) in [5.41, 5.74) is 0.936. The first-order valence-corrected chi connectivity index (χ1v) is 12.4. The Kier molecular flexibility index (Phi) is 6.13. The summed E-state index contributed by atoms with van der Waals surface area (Å²) in [6.07, 6.45) is -3.52. The van der Waals surface area contributed by atoms with Crippen molar-refractivity contribution in [2.75, 3.05) is 13.7 Å². The molecular formula is C20H32O6Si. The van der Waals surface area contributed by atoms with Crippen molar-refractivity contribution in [2.45, 2.75) is 75.9 Å². The van der Waals surface area contributed by atoms with Crippen LogP contribution in [-0.4, -0.2) is 57.8 Å². The van der Waals surface area contributed by atoms with Crippen LogP contribution >= 0.6 is 0 Å². The van der Waals surface area contributed by atoms with Gasteiger partial charge in [-0.3, -0.25) is 0 Å². The van der Waals surface area contributed by atoms with Crippen molar-refractivity contribution in [3.05, 3.63) is 35.9 Å². The van der Waals surface area contributed by atoms with Crippen LogP contribution in [0, 0.1) is 0 Å². The van der Waals surface area contributed by atoms with E-state index in [1.165, 1.54) is 7.11 Å². The van der Waals surface area contributed by atoms with E-state index in [1.807, 2.05) is 30.3 Å². The average molecular weight is 397 g/mol. The summed E-state index contributed by atoms with van der Waals surface area (Å²) >= 11 is 0. The van der Waals surface area contributed by atoms with E-state index in [9.17, 15) is 5.11 Å². The maximum Gasteiger partial charge on any atom is 0.192 e. The van der Waals surface area contributed by atoms with Gasteiger partial charge in [0.05, 0.1) is 6.61 Å². The van der Waals surface area contributed by atoms with Crippen LogP contribution < -0.4 is 0 Å². The maximum atomic E-state index is 10.9. The lowest BCUT2D eigenvalue weighted by Gasteiger charge is -2.50. The van der Waals surface area contributed by atoms with Gasteiger partial charge < -0.3 is 28.5 Å². The fourth-order valence-corrected chi connectivity index (χ4v) is 4.50. The van der Waals surface area contributed by atoms with Crippen molar-refractivity contribution in [3.63, 3.8) is 0 Å². The van der Waals surface area contributed by atoms with Crippen LogP contribution in [0.25, 0.3) is 0 Å². The SMILES string of the molecule is CO[C@H]1O[C@@H]2COC(c3ccccc3)O[C@H]2C(O[Si](C)(C)C(C)(C)C)[C@H]1O. The molecule has 6 atom stereocenters. The summed E-state index contributed by atoms with van der Waals surface area (Å²) in [5, 5.41) is 10.9. The van der Waals surface area contributed by atoms with E-state index in [0.717, 1.165) is 5.56 Å². The van der Waals surface area contributed by atoms with E-state index in [-0.39, 0.29) is 11.1 Å². The Morgan fingerprint density at radius 2 is 1.78 bits per heavy atom. The molecule has 0 aliphatic carbocycles. The molecule has 2 heterocycles. The van der Waals surface area contributed by atoms with Crippen LogP contribution in [0.2, 0.25) is 18.1 Å². The quantitative estimate of drug-likeness (QED) is 0.789. The fourth-order valence-electron chi connectivity index (χ4n) is 3.19. The molecule has 0 saturated carbocycles. The number of benzene rings is 1. The normalized spacial score (nSPS) is 34.9. The molecule has 1 aromatic rings. The van der Waals surface area contributed by atoms with Gasteiger partial charge in [0, 0.05) is 12.7 Å². The summed E-state index contributed by atoms with van der Waals surface area (Å²) in [7, 11) is -0.623. The summed E-state index contributed by atoms with van der Waals surface area (Å²) in [4.78, 5) is 0. The zero-order valence-corrected chi connectivity index (χ0v) is 18.0. The Balaban J connectivity index is 1.85. The second-order valence-electron chi connectivity index (χ2n) is 8.79. The molecule has 0 spiro atoms. The number of rotatable bonds is 4. The second kappa shape index (κ2) is 7.91. The van der Waals surface area contributed by atoms with E-state index in [4.69, 9.17) is 23.4 Å². The molecule has 0 radical (unpaired) electrons. The van der Waals surface area contributed by atoms with Crippen LogP contribution in [0.5, 0.6) is 0 Å². The molecule has 3 rings (SSSR count). The minimum Gasteiger partial charge on any atom is -0.408 e. The molecule has 0 bridgehead atoms. The number of aliphatic hydroxyl groups is 1. The summed E-state index contributed by atoms with van der Waals surface area (Å²) in [6.45, 7) is 11.2. The van der Waals surface area contributed by atoms with E-state index in [2.05, 4.69) is 33.9 Å². The van der Waals surface area contributed by atoms with Gasteiger partial charge in [0.2, 0.25) is 0 Å². The van der Waals surface area contributed by atoms with Crippen LogP contribution in [0.15, 0.2) is 30.3 Å². The molecule has 0 aromatic heterocycles. The van der Waals surface area contributed by atoms with Crippen molar-refractivity contribution in [2.24, 2.45) is 0 Å². The Labute approximate surface area is 162 Å². The van der Waals surface area contributed by atoms with Gasteiger partial charge in [0.15, 0.2) is 20.9 Å². The van der Waals surface area contributed by atoms with Gasteiger partial charge in [0.25, 0.3) is 0 Å². The maximum absolute atomic E-state index is 10.9. The molecule has 2 aliphatic heterocycles. The molecule has 152 valence electrons. The summed E-state index contributed by atoms with van der Waals surface area (Å²) in [6, 6.07) is 9.78. The van der Waals surface area contributed by atoms with Gasteiger partial charge in [-0.25, -0.2) is 0 Å². The summed E-state index contributed by atoms with van der Waals surface area (Å²) in [5.74, 6) is 0. The Hall–Kier alpha value is -0.803. The molecule has 2 unspecified atom stereocenters. The molecule has 7 heteroatoms. The second-order valence-corrected chi connectivity index (χ2v) is 13.5. The van der Waals surface area contributed by atoms with Gasteiger partial charge in [0.1, 0.15) is 24.4 Å². The first-order chi connectivity index (χ1) is 12.6. The third-order valence-electron chi connectivity index (χ3n) is 5.85. The van der Waals surface area contributed by atoms with E-state index in [0.29, 0.717) is 6.61 Å². The fraction of sp³-hybridized carbons (Fsp3) is 0.700.